The summed E-state index contributed by atoms with van der Waals surface area (Å²) in [4.78, 5) is 39.3. The van der Waals surface area contributed by atoms with Gasteiger partial charge in [0.1, 0.15) is 0 Å². The Bertz CT molecular complexity index is 668. The number of carbonyl (C=O) groups excluding carboxylic acids is 2. The molecule has 0 aromatic rings. The van der Waals surface area contributed by atoms with Gasteiger partial charge in [-0.05, 0) is 62.7 Å². The zero-order chi connectivity index (χ0) is 20.3. The summed E-state index contributed by atoms with van der Waals surface area (Å²) in [5.74, 6) is 2.26. The van der Waals surface area contributed by atoms with E-state index in [2.05, 4.69) is 0 Å². The van der Waals surface area contributed by atoms with Gasteiger partial charge in [0.15, 0.2) is 0 Å². The summed E-state index contributed by atoms with van der Waals surface area (Å²) in [7, 11) is 0. The molecule has 2 heterocycles. The molecule has 0 aromatic carbocycles. The normalized spacial score (nSPS) is 47.4. The molecule has 2 aliphatic heterocycles. The van der Waals surface area contributed by atoms with Gasteiger partial charge in [-0.1, -0.05) is 0 Å². The molecule has 5 aliphatic carbocycles. The van der Waals surface area contributed by atoms with Gasteiger partial charge in [-0.2, -0.15) is 9.78 Å². The lowest BCUT2D eigenvalue weighted by Gasteiger charge is -2.57. The molecule has 7 nitrogen and oxygen atoms in total. The van der Waals surface area contributed by atoms with E-state index in [-0.39, 0.29) is 5.91 Å². The average molecular weight is 419 g/mol. The van der Waals surface area contributed by atoms with E-state index in [0.29, 0.717) is 50.4 Å². The van der Waals surface area contributed by atoms with Crippen molar-refractivity contribution in [2.75, 3.05) is 26.2 Å². The van der Waals surface area contributed by atoms with Gasteiger partial charge in [0.2, 0.25) is 23.9 Å². The van der Waals surface area contributed by atoms with Crippen molar-refractivity contribution in [2.24, 2.45) is 29.6 Å². The van der Waals surface area contributed by atoms with Crippen molar-refractivity contribution < 1.29 is 24.1 Å². The van der Waals surface area contributed by atoms with Crippen LogP contribution >= 0.6 is 0 Å². The molecule has 7 heteroatoms. The SMILES string of the molecule is O=CN1CCN(C(=O)CC2CCC3(CC2)OOC2(O3)C3CC4CC(C3)CC2C4)CC1. The van der Waals surface area contributed by atoms with Gasteiger partial charge in [-0.15, -0.1) is 0 Å². The van der Waals surface area contributed by atoms with E-state index in [4.69, 9.17) is 14.5 Å². The van der Waals surface area contributed by atoms with Crippen molar-refractivity contribution >= 4 is 12.3 Å². The number of piperazine rings is 1. The number of hydrogen-bond donors (Lipinski definition) is 0. The monoisotopic (exact) mass is 418 g/mol. The predicted molar refractivity (Wildman–Crippen MR) is 107 cm³/mol. The Hall–Kier alpha value is -1.18. The van der Waals surface area contributed by atoms with Crippen molar-refractivity contribution in [2.45, 2.75) is 75.8 Å². The van der Waals surface area contributed by atoms with Gasteiger partial charge >= 0.3 is 0 Å². The van der Waals surface area contributed by atoms with Gasteiger partial charge in [0.05, 0.1) is 0 Å². The quantitative estimate of drug-likeness (QED) is 0.521. The largest absolute Gasteiger partial charge is 0.342 e. The molecule has 2 saturated heterocycles. The Balaban J connectivity index is 1.04. The second-order valence-electron chi connectivity index (χ2n) is 10.9. The minimum atomic E-state index is -0.593. The maximum Gasteiger partial charge on any atom is 0.222 e. The van der Waals surface area contributed by atoms with Gasteiger partial charge in [0, 0.05) is 57.3 Å². The average Bonchev–Trinajstić information content (AvgIpc) is 3.13. The highest BCUT2D eigenvalue weighted by Gasteiger charge is 2.66. The van der Waals surface area contributed by atoms with E-state index in [0.717, 1.165) is 43.9 Å². The van der Waals surface area contributed by atoms with E-state index in [1.807, 2.05) is 4.90 Å². The first-order valence-corrected chi connectivity index (χ1v) is 12.1. The lowest BCUT2D eigenvalue weighted by atomic mass is 9.53. The number of amides is 2. The molecule has 4 bridgehead atoms. The summed E-state index contributed by atoms with van der Waals surface area (Å²) in [5, 5.41) is 0. The minimum absolute atomic E-state index is 0.225. The number of nitrogens with zero attached hydrogens (tertiary/aromatic N) is 2. The van der Waals surface area contributed by atoms with Crippen LogP contribution in [0.25, 0.3) is 0 Å². The molecule has 7 rings (SSSR count). The predicted octanol–water partition coefficient (Wildman–Crippen LogP) is 2.69. The van der Waals surface area contributed by atoms with Crippen LogP contribution in [-0.2, 0) is 24.1 Å². The lowest BCUT2D eigenvalue weighted by molar-refractivity contribution is -0.390. The van der Waals surface area contributed by atoms with E-state index in [9.17, 15) is 9.59 Å². The summed E-state index contributed by atoms with van der Waals surface area (Å²) >= 11 is 0. The second kappa shape index (κ2) is 7.17. The minimum Gasteiger partial charge on any atom is -0.342 e. The Morgan fingerprint density at radius 3 is 2.13 bits per heavy atom. The van der Waals surface area contributed by atoms with Crippen LogP contribution in [0.15, 0.2) is 0 Å². The molecule has 166 valence electrons. The Morgan fingerprint density at radius 2 is 1.53 bits per heavy atom. The van der Waals surface area contributed by atoms with E-state index < -0.39 is 11.6 Å². The topological polar surface area (TPSA) is 68.3 Å². The Labute approximate surface area is 178 Å². The molecule has 2 amide bonds. The molecule has 7 aliphatic rings. The molecule has 0 atom stereocenters. The fourth-order valence-electron chi connectivity index (χ4n) is 7.57. The number of carbonyl (C=O) groups is 2. The summed E-state index contributed by atoms with van der Waals surface area (Å²) in [5.41, 5.74) is 0. The van der Waals surface area contributed by atoms with Crippen LogP contribution in [0.1, 0.15) is 64.2 Å². The number of rotatable bonds is 3. The number of ether oxygens (including phenoxy) is 1. The summed E-state index contributed by atoms with van der Waals surface area (Å²) < 4.78 is 6.77. The highest BCUT2D eigenvalue weighted by Crippen LogP contribution is 2.63. The van der Waals surface area contributed by atoms with Crippen molar-refractivity contribution in [3.05, 3.63) is 0 Å². The van der Waals surface area contributed by atoms with Crippen molar-refractivity contribution in [1.82, 2.24) is 9.80 Å². The second-order valence-corrected chi connectivity index (χ2v) is 10.9. The van der Waals surface area contributed by atoms with Gasteiger partial charge in [-0.3, -0.25) is 9.59 Å². The molecular formula is C23H34N2O5. The summed E-state index contributed by atoms with van der Waals surface area (Å²) in [6, 6.07) is 0. The number of hydrogen-bond acceptors (Lipinski definition) is 5. The van der Waals surface area contributed by atoms with Crippen molar-refractivity contribution in [3.8, 4) is 0 Å². The van der Waals surface area contributed by atoms with Crippen LogP contribution in [0.4, 0.5) is 0 Å². The molecule has 7 fully saturated rings. The zero-order valence-electron chi connectivity index (χ0n) is 17.8. The van der Waals surface area contributed by atoms with Crippen molar-refractivity contribution in [1.29, 1.82) is 0 Å². The van der Waals surface area contributed by atoms with E-state index >= 15 is 0 Å². The summed E-state index contributed by atoms with van der Waals surface area (Å²) in [6.45, 7) is 2.60. The molecule has 0 radical (unpaired) electrons. The zero-order valence-corrected chi connectivity index (χ0v) is 17.8. The fourth-order valence-corrected chi connectivity index (χ4v) is 7.57. The molecule has 5 saturated carbocycles. The first kappa shape index (κ1) is 19.5. The van der Waals surface area contributed by atoms with Gasteiger partial charge in [-0.25, -0.2) is 0 Å². The van der Waals surface area contributed by atoms with E-state index in [1.54, 1.807) is 4.90 Å². The maximum atomic E-state index is 12.7. The highest BCUT2D eigenvalue weighted by molar-refractivity contribution is 5.76. The first-order chi connectivity index (χ1) is 14.6. The standard InChI is InChI=1S/C23H34N2O5/c26-15-24-5-7-25(8-6-24)21(27)14-16-1-3-22(4-2-16)28-23(30-29-22)19-10-17-9-18(12-19)13-20(23)11-17/h15-20H,1-14H2. The van der Waals surface area contributed by atoms with Crippen LogP contribution in [0, 0.1) is 29.6 Å². The molecule has 0 N–H and O–H groups in total. The molecule has 0 aromatic heterocycles. The third-order valence-corrected chi connectivity index (χ3v) is 9.09. The van der Waals surface area contributed by atoms with E-state index in [1.165, 1.54) is 32.1 Å². The fraction of sp³-hybridized carbons (Fsp3) is 0.913. The summed E-state index contributed by atoms with van der Waals surface area (Å²) in [6.07, 6.45) is 11.4. The van der Waals surface area contributed by atoms with Crippen LogP contribution in [-0.4, -0.2) is 59.9 Å². The van der Waals surface area contributed by atoms with Crippen LogP contribution in [0.5, 0.6) is 0 Å². The third kappa shape index (κ3) is 3.11. The maximum absolute atomic E-state index is 12.7. The molecule has 30 heavy (non-hydrogen) atoms. The Kier molecular flexibility index (Phi) is 4.66. The molecular weight excluding hydrogens is 384 g/mol. The van der Waals surface area contributed by atoms with Crippen LogP contribution in [0.2, 0.25) is 0 Å². The van der Waals surface area contributed by atoms with Gasteiger partial charge < -0.3 is 14.5 Å². The molecule has 0 unspecified atom stereocenters. The van der Waals surface area contributed by atoms with Gasteiger partial charge in [0.25, 0.3) is 0 Å². The van der Waals surface area contributed by atoms with Crippen LogP contribution < -0.4 is 0 Å². The Morgan fingerprint density at radius 1 is 0.900 bits per heavy atom. The smallest absolute Gasteiger partial charge is 0.222 e. The highest BCUT2D eigenvalue weighted by atomic mass is 17.3. The lowest BCUT2D eigenvalue weighted by Crippen LogP contribution is -2.59. The third-order valence-electron chi connectivity index (χ3n) is 9.09. The first-order valence-electron chi connectivity index (χ1n) is 12.1. The van der Waals surface area contributed by atoms with Crippen LogP contribution in [0.3, 0.4) is 0 Å². The van der Waals surface area contributed by atoms with Crippen molar-refractivity contribution in [3.63, 3.8) is 0 Å². The molecule has 2 spiro atoms.